The summed E-state index contributed by atoms with van der Waals surface area (Å²) in [6.07, 6.45) is 6.32. The zero-order valence-corrected chi connectivity index (χ0v) is 27.3. The summed E-state index contributed by atoms with van der Waals surface area (Å²) >= 11 is 0. The highest BCUT2D eigenvalue weighted by Gasteiger charge is 2.35. The summed E-state index contributed by atoms with van der Waals surface area (Å²) in [5.74, 6) is -0.0160. The maximum absolute atomic E-state index is 14.1. The number of nitrogens with zero attached hydrogens (tertiary/aromatic N) is 5. The van der Waals surface area contributed by atoms with Gasteiger partial charge < -0.3 is 30.7 Å². The molecule has 4 aliphatic heterocycles. The van der Waals surface area contributed by atoms with Gasteiger partial charge in [0.1, 0.15) is 6.04 Å². The van der Waals surface area contributed by atoms with Crippen molar-refractivity contribution in [3.63, 3.8) is 0 Å². The maximum Gasteiger partial charge on any atom is 0.322 e. The summed E-state index contributed by atoms with van der Waals surface area (Å²) in [6.45, 7) is 9.30. The number of amides is 5. The van der Waals surface area contributed by atoms with Gasteiger partial charge in [-0.1, -0.05) is 24.3 Å². The topological polar surface area (TPSA) is 129 Å². The fourth-order valence-electron chi connectivity index (χ4n) is 7.94. The van der Waals surface area contributed by atoms with Gasteiger partial charge in [0.25, 0.3) is 0 Å². The van der Waals surface area contributed by atoms with Crippen LogP contribution in [-0.2, 0) is 17.6 Å². The van der Waals surface area contributed by atoms with Crippen LogP contribution in [0.2, 0.25) is 0 Å². The number of carbonyl (C=O) groups is 3. The Morgan fingerprint density at radius 2 is 1.66 bits per heavy atom. The monoisotopic (exact) mass is 641 g/mol. The van der Waals surface area contributed by atoms with Gasteiger partial charge in [-0.25, -0.2) is 9.59 Å². The van der Waals surface area contributed by atoms with Crippen LogP contribution >= 0.6 is 0 Å². The zero-order valence-electron chi connectivity index (χ0n) is 27.3. The number of anilines is 1. The SMILES string of the molecule is Cc1cc(CC(NC(=O)N2CCC(N3CCc4ccccc4NC3=O)CC2)C(=O)N2CCC(N3CCNCC3)CC2)cc2cn[nH]c12. The second kappa shape index (κ2) is 13.9. The van der Waals surface area contributed by atoms with Gasteiger partial charge in [-0.15, -0.1) is 0 Å². The number of piperazine rings is 1. The van der Waals surface area contributed by atoms with Gasteiger partial charge in [0.2, 0.25) is 5.91 Å². The molecule has 250 valence electrons. The molecule has 12 nitrogen and oxygen atoms in total. The number of piperidine rings is 2. The second-order valence-corrected chi connectivity index (χ2v) is 13.5. The summed E-state index contributed by atoms with van der Waals surface area (Å²) in [5.41, 5.74) is 5.07. The molecular weight excluding hydrogens is 594 g/mol. The minimum Gasteiger partial charge on any atom is -0.341 e. The molecule has 4 aliphatic rings. The molecule has 12 heteroatoms. The third kappa shape index (κ3) is 6.94. The van der Waals surface area contributed by atoms with Crippen molar-refractivity contribution in [1.82, 2.24) is 40.4 Å². The number of para-hydroxylation sites is 1. The highest BCUT2D eigenvalue weighted by atomic mass is 16.2. The first-order valence-electron chi connectivity index (χ1n) is 17.3. The van der Waals surface area contributed by atoms with Crippen molar-refractivity contribution >= 4 is 34.6 Å². The number of H-pyrrole nitrogens is 1. The van der Waals surface area contributed by atoms with Crippen molar-refractivity contribution in [2.75, 3.05) is 64.2 Å². The standard InChI is InChI=1S/C35H47N9O3/c1-24-20-25(21-27-23-37-40-32(24)27)22-31(33(45)42-13-7-28(8-14-42)41-18-11-36-12-19-41)39-34(46)43-15-9-29(10-16-43)44-17-6-26-4-2-3-5-30(26)38-35(44)47/h2-5,20-21,23,28-29,31,36H,6-19,22H2,1H3,(H,37,40)(H,38,47)(H,39,46). The van der Waals surface area contributed by atoms with Crippen molar-refractivity contribution in [2.24, 2.45) is 0 Å². The average molecular weight is 642 g/mol. The molecule has 1 unspecified atom stereocenters. The van der Waals surface area contributed by atoms with Crippen molar-refractivity contribution in [2.45, 2.75) is 63.6 Å². The van der Waals surface area contributed by atoms with E-state index in [1.165, 1.54) is 0 Å². The molecule has 7 rings (SSSR count). The molecule has 5 heterocycles. The number of fused-ring (bicyclic) bond motifs is 2. The fraction of sp³-hybridized carbons (Fsp3) is 0.543. The molecule has 3 fully saturated rings. The Hall–Kier alpha value is -4.16. The van der Waals surface area contributed by atoms with Gasteiger partial charge >= 0.3 is 12.1 Å². The largest absolute Gasteiger partial charge is 0.341 e. The molecule has 5 amide bonds. The smallest absolute Gasteiger partial charge is 0.322 e. The molecule has 1 aromatic heterocycles. The van der Waals surface area contributed by atoms with Crippen molar-refractivity contribution in [1.29, 1.82) is 0 Å². The minimum atomic E-state index is -0.672. The van der Waals surface area contributed by atoms with E-state index >= 15 is 0 Å². The average Bonchev–Trinajstić information content (AvgIpc) is 3.52. The molecule has 0 bridgehead atoms. The van der Waals surface area contributed by atoms with Crippen LogP contribution in [-0.4, -0.2) is 125 Å². The number of carbonyl (C=O) groups excluding carboxylic acids is 3. The number of rotatable bonds is 6. The van der Waals surface area contributed by atoms with E-state index in [1.807, 2.05) is 39.8 Å². The van der Waals surface area contributed by atoms with E-state index in [1.54, 1.807) is 6.20 Å². The molecule has 4 N–H and O–H groups in total. The molecular formula is C35H47N9O3. The molecule has 1 atom stereocenters. The van der Waals surface area contributed by atoms with Gasteiger partial charge in [0, 0.05) is 88.5 Å². The lowest BCUT2D eigenvalue weighted by Gasteiger charge is -2.41. The number of aryl methyl sites for hydroxylation is 1. The Bertz CT molecular complexity index is 1590. The molecule has 2 aromatic carbocycles. The molecule has 3 aromatic rings. The van der Waals surface area contributed by atoms with E-state index in [0.717, 1.165) is 78.7 Å². The Kier molecular flexibility index (Phi) is 9.30. The summed E-state index contributed by atoms with van der Waals surface area (Å²) in [7, 11) is 0. The van der Waals surface area contributed by atoms with Crippen LogP contribution in [0.15, 0.2) is 42.6 Å². The normalized spacial score (nSPS) is 20.9. The third-order valence-electron chi connectivity index (χ3n) is 10.6. The van der Waals surface area contributed by atoms with Gasteiger partial charge in [-0.2, -0.15) is 5.10 Å². The van der Waals surface area contributed by atoms with Crippen LogP contribution in [0.5, 0.6) is 0 Å². The lowest BCUT2D eigenvalue weighted by molar-refractivity contribution is -0.134. The van der Waals surface area contributed by atoms with Crippen LogP contribution in [0.3, 0.4) is 0 Å². The number of aromatic nitrogens is 2. The van der Waals surface area contributed by atoms with Gasteiger partial charge in [0.15, 0.2) is 0 Å². The highest BCUT2D eigenvalue weighted by Crippen LogP contribution is 2.26. The fourth-order valence-corrected chi connectivity index (χ4v) is 7.94. The number of likely N-dealkylation sites (tertiary alicyclic amines) is 2. The molecule has 0 spiro atoms. The van der Waals surface area contributed by atoms with Crippen LogP contribution in [0.25, 0.3) is 10.9 Å². The molecule has 0 aliphatic carbocycles. The van der Waals surface area contributed by atoms with Gasteiger partial charge in [-0.05, 0) is 67.9 Å². The van der Waals surface area contributed by atoms with E-state index in [2.05, 4.69) is 49.2 Å². The molecule has 0 radical (unpaired) electrons. The lowest BCUT2D eigenvalue weighted by atomic mass is 9.98. The van der Waals surface area contributed by atoms with Crippen molar-refractivity contribution in [3.8, 4) is 0 Å². The minimum absolute atomic E-state index is 0.0160. The predicted molar refractivity (Wildman–Crippen MR) is 181 cm³/mol. The Morgan fingerprint density at radius 1 is 0.936 bits per heavy atom. The third-order valence-corrected chi connectivity index (χ3v) is 10.6. The Morgan fingerprint density at radius 3 is 2.45 bits per heavy atom. The number of urea groups is 2. The number of hydrogen-bond acceptors (Lipinski definition) is 6. The number of benzene rings is 2. The van der Waals surface area contributed by atoms with Crippen LogP contribution < -0.4 is 16.0 Å². The van der Waals surface area contributed by atoms with E-state index in [0.29, 0.717) is 58.0 Å². The van der Waals surface area contributed by atoms with Crippen LogP contribution in [0.1, 0.15) is 42.4 Å². The van der Waals surface area contributed by atoms with E-state index in [-0.39, 0.29) is 24.0 Å². The Balaban J connectivity index is 1.00. The lowest BCUT2D eigenvalue weighted by Crippen LogP contribution is -2.58. The predicted octanol–water partition coefficient (Wildman–Crippen LogP) is 2.94. The summed E-state index contributed by atoms with van der Waals surface area (Å²) in [4.78, 5) is 49.2. The van der Waals surface area contributed by atoms with E-state index in [9.17, 15) is 14.4 Å². The number of aromatic amines is 1. The van der Waals surface area contributed by atoms with Crippen molar-refractivity contribution in [3.05, 3.63) is 59.3 Å². The van der Waals surface area contributed by atoms with Crippen LogP contribution in [0.4, 0.5) is 15.3 Å². The van der Waals surface area contributed by atoms with E-state index in [4.69, 9.17) is 0 Å². The first-order chi connectivity index (χ1) is 22.9. The quantitative estimate of drug-likeness (QED) is 0.328. The maximum atomic E-state index is 14.1. The van der Waals surface area contributed by atoms with Gasteiger partial charge in [0.05, 0.1) is 11.7 Å². The Labute approximate surface area is 276 Å². The second-order valence-electron chi connectivity index (χ2n) is 13.5. The molecule has 0 saturated carbocycles. The molecule has 3 saturated heterocycles. The summed E-state index contributed by atoms with van der Waals surface area (Å²) in [5, 5.41) is 17.9. The van der Waals surface area contributed by atoms with E-state index < -0.39 is 6.04 Å². The number of nitrogens with one attached hydrogen (secondary N) is 4. The highest BCUT2D eigenvalue weighted by molar-refractivity contribution is 5.91. The summed E-state index contributed by atoms with van der Waals surface area (Å²) < 4.78 is 0. The molecule has 47 heavy (non-hydrogen) atoms. The van der Waals surface area contributed by atoms with Crippen molar-refractivity contribution < 1.29 is 14.4 Å². The number of hydrogen-bond donors (Lipinski definition) is 4. The van der Waals surface area contributed by atoms with Crippen LogP contribution in [0, 0.1) is 6.92 Å². The zero-order chi connectivity index (χ0) is 32.3. The van der Waals surface area contributed by atoms with Gasteiger partial charge in [-0.3, -0.25) is 14.8 Å². The summed E-state index contributed by atoms with van der Waals surface area (Å²) in [6, 6.07) is 11.7. The first kappa shape index (κ1) is 31.4. The first-order valence-corrected chi connectivity index (χ1v) is 17.3.